The molecule has 3 N–H and O–H groups in total. The van der Waals surface area contributed by atoms with Gasteiger partial charge in [0.2, 0.25) is 5.95 Å². The van der Waals surface area contributed by atoms with Crippen LogP contribution in [0.2, 0.25) is 0 Å². The second-order valence-electron chi connectivity index (χ2n) is 11.8. The topological polar surface area (TPSA) is 82.8 Å². The van der Waals surface area contributed by atoms with Crippen LogP contribution in [0.1, 0.15) is 38.5 Å². The van der Waals surface area contributed by atoms with Crippen molar-refractivity contribution in [2.45, 2.75) is 56.7 Å². The lowest BCUT2D eigenvalue weighted by atomic mass is 9.90. The normalized spacial score (nSPS) is 21.3. The molecule has 1 aromatic heterocycles. The van der Waals surface area contributed by atoms with Gasteiger partial charge in [-0.15, -0.1) is 0 Å². The van der Waals surface area contributed by atoms with E-state index in [2.05, 4.69) is 44.1 Å². The fourth-order valence-corrected chi connectivity index (χ4v) is 6.45. The molecule has 1 saturated heterocycles. The highest BCUT2D eigenvalue weighted by molar-refractivity contribution is 5.73. The Morgan fingerprint density at radius 3 is 2.38 bits per heavy atom. The molecule has 0 radical (unpaired) electrons. The molecule has 0 bridgehead atoms. The summed E-state index contributed by atoms with van der Waals surface area (Å²) in [6.07, 6.45) is 6.62. The van der Waals surface area contributed by atoms with Crippen molar-refractivity contribution >= 4 is 23.0 Å². The zero-order valence-electron chi connectivity index (χ0n) is 24.1. The Labute approximate surface area is 244 Å². The number of benzene rings is 2. The lowest BCUT2D eigenvalue weighted by molar-refractivity contribution is 0.249. The number of aromatic nitrogens is 2. The van der Waals surface area contributed by atoms with Gasteiger partial charge in [-0.05, 0) is 83.0 Å². The van der Waals surface area contributed by atoms with E-state index in [9.17, 15) is 0 Å². The van der Waals surface area contributed by atoms with Crippen molar-refractivity contribution in [1.29, 1.82) is 0 Å². The van der Waals surface area contributed by atoms with E-state index in [1.54, 1.807) is 18.2 Å². The van der Waals surface area contributed by atoms with Gasteiger partial charge >= 0.3 is 0 Å². The van der Waals surface area contributed by atoms with Crippen LogP contribution < -0.4 is 25.6 Å². The Kier molecular flexibility index (Phi) is 8.13. The summed E-state index contributed by atoms with van der Waals surface area (Å²) in [6, 6.07) is 8.76. The first-order chi connectivity index (χ1) is 20.3. The number of hydrogen-bond donors (Lipinski definition) is 2. The molecule has 224 valence electrons. The summed E-state index contributed by atoms with van der Waals surface area (Å²) in [4.78, 5) is 14.9. The Bertz CT molecular complexity index is 1420. The maximum absolute atomic E-state index is 15.3. The van der Waals surface area contributed by atoms with Crippen LogP contribution in [0.3, 0.4) is 0 Å². The van der Waals surface area contributed by atoms with Crippen LogP contribution in [0.5, 0.6) is 5.75 Å². The number of ether oxygens (including phenoxy) is 1. The average Bonchev–Trinajstić information content (AvgIpc) is 2.98. The number of piperidine rings is 1. The zero-order valence-corrected chi connectivity index (χ0v) is 24.1. The van der Waals surface area contributed by atoms with Crippen molar-refractivity contribution in [2.24, 2.45) is 5.73 Å². The van der Waals surface area contributed by atoms with E-state index in [0.717, 1.165) is 57.8 Å². The fourth-order valence-electron chi connectivity index (χ4n) is 6.45. The summed E-state index contributed by atoms with van der Waals surface area (Å²) in [6.45, 7) is 2.56. The lowest BCUT2D eigenvalue weighted by Gasteiger charge is -2.40. The van der Waals surface area contributed by atoms with E-state index < -0.39 is 11.6 Å². The fraction of sp³-hybridized carbons (Fsp3) is 0.484. The van der Waals surface area contributed by atoms with Crippen LogP contribution in [0, 0.1) is 17.5 Å². The maximum Gasteiger partial charge on any atom is 0.227 e. The SMILES string of the molecule is CN(C)C1CCN(c2ccc(Nc3ncc(F)c(-c4cc(F)c5c(c4)N(C4CCC(N)CC4)CCO5)n3)cc2F)CC1. The van der Waals surface area contributed by atoms with Crippen LogP contribution in [0.4, 0.5) is 36.2 Å². The van der Waals surface area contributed by atoms with Crippen molar-refractivity contribution in [3.8, 4) is 17.0 Å². The molecule has 11 heteroatoms. The highest BCUT2D eigenvalue weighted by Gasteiger charge is 2.31. The maximum atomic E-state index is 15.3. The second-order valence-corrected chi connectivity index (χ2v) is 11.8. The summed E-state index contributed by atoms with van der Waals surface area (Å²) in [5.74, 6) is -1.35. The molecule has 0 spiro atoms. The number of halogens is 3. The minimum Gasteiger partial charge on any atom is -0.486 e. The van der Waals surface area contributed by atoms with Crippen LogP contribution in [-0.4, -0.2) is 73.3 Å². The number of anilines is 4. The van der Waals surface area contributed by atoms with Crippen molar-refractivity contribution in [3.63, 3.8) is 0 Å². The van der Waals surface area contributed by atoms with Crippen molar-refractivity contribution in [2.75, 3.05) is 55.5 Å². The summed E-state index contributed by atoms with van der Waals surface area (Å²) >= 11 is 0. The minimum atomic E-state index is -0.686. The molecule has 6 rings (SSSR count). The Balaban J connectivity index is 1.22. The standard InChI is InChI=1S/C31H38F3N7O/c1-39(2)22-9-11-40(12-10-22)27-8-5-21(17-24(27)32)37-31-36-18-26(34)29(38-31)19-15-25(33)30-28(16-19)41(13-14-42-30)23-6-3-20(35)4-7-23/h5,8,15-18,20,22-23H,3-4,6-7,9-14,35H2,1-2H3,(H,36,37,38). The first kappa shape index (κ1) is 28.5. The van der Waals surface area contributed by atoms with Gasteiger partial charge in [0.1, 0.15) is 18.1 Å². The molecule has 42 heavy (non-hydrogen) atoms. The third-order valence-electron chi connectivity index (χ3n) is 8.85. The molecule has 2 aromatic carbocycles. The molecule has 1 saturated carbocycles. The minimum absolute atomic E-state index is 0.0498. The zero-order chi connectivity index (χ0) is 29.4. The van der Waals surface area contributed by atoms with E-state index in [1.807, 2.05) is 0 Å². The second kappa shape index (κ2) is 12.0. The van der Waals surface area contributed by atoms with E-state index in [1.165, 1.54) is 12.1 Å². The van der Waals surface area contributed by atoms with E-state index >= 15 is 13.2 Å². The van der Waals surface area contributed by atoms with Gasteiger partial charge in [-0.3, -0.25) is 0 Å². The lowest BCUT2D eigenvalue weighted by Crippen LogP contribution is -2.44. The number of nitrogens with one attached hydrogen (secondary N) is 1. The van der Waals surface area contributed by atoms with Gasteiger partial charge < -0.3 is 30.5 Å². The largest absolute Gasteiger partial charge is 0.486 e. The first-order valence-electron chi connectivity index (χ1n) is 14.8. The van der Waals surface area contributed by atoms with E-state index in [4.69, 9.17) is 10.5 Å². The van der Waals surface area contributed by atoms with Gasteiger partial charge in [0.25, 0.3) is 0 Å². The smallest absolute Gasteiger partial charge is 0.227 e. The number of rotatable bonds is 6. The third-order valence-corrected chi connectivity index (χ3v) is 8.85. The van der Waals surface area contributed by atoms with Crippen molar-refractivity contribution < 1.29 is 17.9 Å². The number of hydrogen-bond acceptors (Lipinski definition) is 8. The monoisotopic (exact) mass is 581 g/mol. The molecular formula is C31H38F3N7O. The van der Waals surface area contributed by atoms with Crippen LogP contribution in [0.15, 0.2) is 36.5 Å². The Hall–Kier alpha value is -3.57. The molecule has 0 unspecified atom stereocenters. The molecule has 0 atom stereocenters. The van der Waals surface area contributed by atoms with E-state index in [0.29, 0.717) is 36.3 Å². The Morgan fingerprint density at radius 1 is 0.905 bits per heavy atom. The van der Waals surface area contributed by atoms with Crippen molar-refractivity contribution in [1.82, 2.24) is 14.9 Å². The van der Waals surface area contributed by atoms with Gasteiger partial charge in [0.15, 0.2) is 17.4 Å². The molecule has 8 nitrogen and oxygen atoms in total. The van der Waals surface area contributed by atoms with Gasteiger partial charge in [-0.25, -0.2) is 23.1 Å². The molecule has 3 aliphatic rings. The van der Waals surface area contributed by atoms with Crippen LogP contribution in [-0.2, 0) is 0 Å². The number of fused-ring (bicyclic) bond motifs is 1. The Morgan fingerprint density at radius 2 is 1.67 bits per heavy atom. The summed E-state index contributed by atoms with van der Waals surface area (Å²) in [5, 5.41) is 2.98. The highest BCUT2D eigenvalue weighted by Crippen LogP contribution is 2.41. The molecule has 3 heterocycles. The number of nitrogens with two attached hydrogens (primary N) is 1. The van der Waals surface area contributed by atoms with Crippen LogP contribution in [0.25, 0.3) is 11.3 Å². The predicted molar refractivity (Wildman–Crippen MR) is 159 cm³/mol. The predicted octanol–water partition coefficient (Wildman–Crippen LogP) is 5.30. The molecule has 0 amide bonds. The van der Waals surface area contributed by atoms with Gasteiger partial charge in [-0.2, -0.15) is 0 Å². The molecule has 2 fully saturated rings. The molecule has 2 aliphatic heterocycles. The van der Waals surface area contributed by atoms with Crippen molar-refractivity contribution in [3.05, 3.63) is 54.0 Å². The molecule has 3 aromatic rings. The van der Waals surface area contributed by atoms with Gasteiger partial charge in [0, 0.05) is 42.5 Å². The van der Waals surface area contributed by atoms with Crippen LogP contribution >= 0.6 is 0 Å². The van der Waals surface area contributed by atoms with Gasteiger partial charge in [0.05, 0.1) is 24.1 Å². The average molecular weight is 582 g/mol. The summed E-state index contributed by atoms with van der Waals surface area (Å²) < 4.78 is 51.2. The number of nitrogens with zero attached hydrogens (tertiary/aromatic N) is 5. The van der Waals surface area contributed by atoms with E-state index in [-0.39, 0.29) is 40.9 Å². The highest BCUT2D eigenvalue weighted by atomic mass is 19.1. The molecular weight excluding hydrogens is 543 g/mol. The quantitative estimate of drug-likeness (QED) is 0.406. The third kappa shape index (κ3) is 5.85. The van der Waals surface area contributed by atoms with Gasteiger partial charge in [-0.1, -0.05) is 0 Å². The molecule has 1 aliphatic carbocycles. The first-order valence-corrected chi connectivity index (χ1v) is 14.8. The summed E-state index contributed by atoms with van der Waals surface area (Å²) in [5.41, 5.74) is 7.91. The summed E-state index contributed by atoms with van der Waals surface area (Å²) in [7, 11) is 4.15.